The summed E-state index contributed by atoms with van der Waals surface area (Å²) in [4.78, 5) is 0. The predicted octanol–water partition coefficient (Wildman–Crippen LogP) is 1.51. The number of aliphatic hydroxyl groups is 1. The van der Waals surface area contributed by atoms with Crippen molar-refractivity contribution in [2.24, 2.45) is 0 Å². The lowest BCUT2D eigenvalue weighted by Crippen LogP contribution is -2.23. The van der Waals surface area contributed by atoms with E-state index in [4.69, 9.17) is 4.74 Å². The molecule has 0 amide bonds. The number of ether oxygens (including phenoxy) is 1. The van der Waals surface area contributed by atoms with Crippen LogP contribution in [0.25, 0.3) is 0 Å². The lowest BCUT2D eigenvalue weighted by atomic mass is 10.2. The second-order valence-corrected chi connectivity index (χ2v) is 2.34. The Hall–Kier alpha value is -0.600. The van der Waals surface area contributed by atoms with Crippen LogP contribution in [0.1, 0.15) is 13.8 Å². The minimum atomic E-state index is -0.514. The number of rotatable bonds is 5. The Morgan fingerprint density at radius 3 is 2.73 bits per heavy atom. The average Bonchev–Trinajstić information content (AvgIpc) is 2.00. The lowest BCUT2D eigenvalue weighted by Gasteiger charge is -2.14. The van der Waals surface area contributed by atoms with E-state index in [2.05, 4.69) is 6.58 Å². The molecule has 1 N–H and O–H groups in total. The van der Waals surface area contributed by atoms with E-state index in [1.54, 1.807) is 18.2 Å². The molecule has 0 aromatic rings. The second kappa shape index (κ2) is 6.13. The molecule has 0 saturated carbocycles. The highest BCUT2D eigenvalue weighted by atomic mass is 16.5. The van der Waals surface area contributed by atoms with Gasteiger partial charge in [0.2, 0.25) is 0 Å². The Kier molecular flexibility index (Phi) is 5.80. The fraction of sp³-hybridized carbons (Fsp3) is 0.556. The van der Waals surface area contributed by atoms with Crippen molar-refractivity contribution in [2.45, 2.75) is 26.1 Å². The van der Waals surface area contributed by atoms with Crippen molar-refractivity contribution in [3.05, 3.63) is 24.8 Å². The standard InChI is InChI=1S/C9H16O2/c1-4-6-9(10)8(3)11-7-5-2/h4-6,8-10H,2,7H2,1,3H3/b6-4+. The minimum absolute atomic E-state index is 0.163. The quantitative estimate of drug-likeness (QED) is 0.611. The third-order valence-electron chi connectivity index (χ3n) is 1.35. The zero-order chi connectivity index (χ0) is 8.69. The van der Waals surface area contributed by atoms with Gasteiger partial charge in [-0.3, -0.25) is 0 Å². The molecule has 0 heterocycles. The van der Waals surface area contributed by atoms with E-state index in [0.29, 0.717) is 6.61 Å². The first-order valence-corrected chi connectivity index (χ1v) is 3.75. The van der Waals surface area contributed by atoms with Gasteiger partial charge in [0.05, 0.1) is 18.8 Å². The Morgan fingerprint density at radius 2 is 2.27 bits per heavy atom. The Labute approximate surface area is 68.2 Å². The average molecular weight is 156 g/mol. The molecule has 2 unspecified atom stereocenters. The topological polar surface area (TPSA) is 29.5 Å². The van der Waals surface area contributed by atoms with Gasteiger partial charge in [-0.15, -0.1) is 6.58 Å². The molecule has 0 aliphatic rings. The van der Waals surface area contributed by atoms with Gasteiger partial charge >= 0.3 is 0 Å². The Bertz CT molecular complexity index is 130. The Balaban J connectivity index is 3.62. The molecule has 0 bridgehead atoms. The van der Waals surface area contributed by atoms with Crippen LogP contribution < -0.4 is 0 Å². The number of aliphatic hydroxyl groups excluding tert-OH is 1. The largest absolute Gasteiger partial charge is 0.386 e. The maximum absolute atomic E-state index is 9.30. The summed E-state index contributed by atoms with van der Waals surface area (Å²) in [5, 5.41) is 9.30. The van der Waals surface area contributed by atoms with Crippen molar-refractivity contribution in [3.8, 4) is 0 Å². The van der Waals surface area contributed by atoms with Crippen LogP contribution in [-0.2, 0) is 4.74 Å². The SMILES string of the molecule is C=CCOC(C)C(O)/C=C/C. The number of hydrogen-bond acceptors (Lipinski definition) is 2. The molecule has 0 saturated heterocycles. The van der Waals surface area contributed by atoms with Crippen molar-refractivity contribution in [3.63, 3.8) is 0 Å². The number of hydrogen-bond donors (Lipinski definition) is 1. The molecule has 2 heteroatoms. The van der Waals surface area contributed by atoms with E-state index in [1.807, 2.05) is 13.8 Å². The fourth-order valence-electron chi connectivity index (χ4n) is 0.672. The molecule has 0 aromatic heterocycles. The first-order chi connectivity index (χ1) is 5.22. The van der Waals surface area contributed by atoms with Crippen molar-refractivity contribution >= 4 is 0 Å². The summed E-state index contributed by atoms with van der Waals surface area (Å²) < 4.78 is 5.19. The summed E-state index contributed by atoms with van der Waals surface area (Å²) in [6, 6.07) is 0. The molecule has 2 atom stereocenters. The van der Waals surface area contributed by atoms with Gasteiger partial charge in [-0.25, -0.2) is 0 Å². The zero-order valence-electron chi connectivity index (χ0n) is 7.16. The second-order valence-electron chi connectivity index (χ2n) is 2.34. The summed E-state index contributed by atoms with van der Waals surface area (Å²) in [5.74, 6) is 0. The molecule has 0 aliphatic heterocycles. The predicted molar refractivity (Wildman–Crippen MR) is 46.4 cm³/mol. The fourth-order valence-corrected chi connectivity index (χ4v) is 0.672. The summed E-state index contributed by atoms with van der Waals surface area (Å²) in [5.41, 5.74) is 0. The van der Waals surface area contributed by atoms with Crippen LogP contribution in [0.4, 0.5) is 0 Å². The number of allylic oxidation sites excluding steroid dienone is 1. The van der Waals surface area contributed by atoms with Crippen molar-refractivity contribution in [1.29, 1.82) is 0 Å². The van der Waals surface area contributed by atoms with E-state index in [0.717, 1.165) is 0 Å². The molecule has 11 heavy (non-hydrogen) atoms. The van der Waals surface area contributed by atoms with Crippen LogP contribution in [0.3, 0.4) is 0 Å². The van der Waals surface area contributed by atoms with Gasteiger partial charge in [0.15, 0.2) is 0 Å². The van der Waals surface area contributed by atoms with E-state index in [9.17, 15) is 5.11 Å². The molecule has 0 fully saturated rings. The third-order valence-corrected chi connectivity index (χ3v) is 1.35. The highest BCUT2D eigenvalue weighted by Crippen LogP contribution is 1.99. The summed E-state index contributed by atoms with van der Waals surface area (Å²) in [6.07, 6.45) is 4.49. The summed E-state index contributed by atoms with van der Waals surface area (Å²) in [6.45, 7) is 7.69. The van der Waals surface area contributed by atoms with Crippen LogP contribution in [0.5, 0.6) is 0 Å². The maximum atomic E-state index is 9.30. The van der Waals surface area contributed by atoms with Gasteiger partial charge in [-0.05, 0) is 13.8 Å². The van der Waals surface area contributed by atoms with E-state index in [1.165, 1.54) is 0 Å². The van der Waals surface area contributed by atoms with Crippen LogP contribution in [-0.4, -0.2) is 23.9 Å². The first-order valence-electron chi connectivity index (χ1n) is 3.75. The molecule has 2 nitrogen and oxygen atoms in total. The van der Waals surface area contributed by atoms with E-state index < -0.39 is 6.10 Å². The van der Waals surface area contributed by atoms with Gasteiger partial charge in [-0.1, -0.05) is 18.2 Å². The van der Waals surface area contributed by atoms with Crippen LogP contribution in [0.15, 0.2) is 24.8 Å². The van der Waals surface area contributed by atoms with Gasteiger partial charge in [0.1, 0.15) is 0 Å². The van der Waals surface area contributed by atoms with Gasteiger partial charge in [-0.2, -0.15) is 0 Å². The van der Waals surface area contributed by atoms with Crippen LogP contribution in [0.2, 0.25) is 0 Å². The van der Waals surface area contributed by atoms with Gasteiger partial charge < -0.3 is 9.84 Å². The van der Waals surface area contributed by atoms with Crippen LogP contribution in [0, 0.1) is 0 Å². The molecule has 0 aliphatic carbocycles. The summed E-state index contributed by atoms with van der Waals surface area (Å²) in [7, 11) is 0. The zero-order valence-corrected chi connectivity index (χ0v) is 7.16. The Morgan fingerprint density at radius 1 is 1.64 bits per heavy atom. The van der Waals surface area contributed by atoms with Crippen LogP contribution >= 0.6 is 0 Å². The highest BCUT2D eigenvalue weighted by molar-refractivity contribution is 4.89. The smallest absolute Gasteiger partial charge is 0.0979 e. The first kappa shape index (κ1) is 10.4. The molecule has 0 aromatic carbocycles. The maximum Gasteiger partial charge on any atom is 0.0979 e. The highest BCUT2D eigenvalue weighted by Gasteiger charge is 2.09. The minimum Gasteiger partial charge on any atom is -0.386 e. The lowest BCUT2D eigenvalue weighted by molar-refractivity contribution is 0.00722. The molecule has 0 radical (unpaired) electrons. The van der Waals surface area contributed by atoms with Crippen molar-refractivity contribution in [1.82, 2.24) is 0 Å². The monoisotopic (exact) mass is 156 g/mol. The summed E-state index contributed by atoms with van der Waals surface area (Å²) >= 11 is 0. The van der Waals surface area contributed by atoms with E-state index in [-0.39, 0.29) is 6.10 Å². The van der Waals surface area contributed by atoms with Gasteiger partial charge in [0.25, 0.3) is 0 Å². The normalized spacial score (nSPS) is 16.6. The molecule has 64 valence electrons. The molecule has 0 rings (SSSR count). The van der Waals surface area contributed by atoms with Crippen molar-refractivity contribution in [2.75, 3.05) is 6.61 Å². The third kappa shape index (κ3) is 4.76. The molecular formula is C9H16O2. The molecule has 0 spiro atoms. The van der Waals surface area contributed by atoms with Gasteiger partial charge in [0, 0.05) is 0 Å². The van der Waals surface area contributed by atoms with Crippen molar-refractivity contribution < 1.29 is 9.84 Å². The molecular weight excluding hydrogens is 140 g/mol. The van der Waals surface area contributed by atoms with E-state index >= 15 is 0 Å².